The number of benzene rings is 2. The predicted molar refractivity (Wildman–Crippen MR) is 66.2 cm³/mol. The molecule has 0 fully saturated rings. The maximum Gasteiger partial charge on any atom is 0.181 e. The zero-order valence-electron chi connectivity index (χ0n) is 9.82. The third kappa shape index (κ3) is 2.00. The molecule has 0 aromatic heterocycles. The summed E-state index contributed by atoms with van der Waals surface area (Å²) in [6.45, 7) is 3.79. The monoisotopic (exact) mass is 222 g/mol. The Bertz CT molecular complexity index is 592. The normalized spacial score (nSPS) is 9.94. The molecular formula is C15H12NO. The maximum absolute atomic E-state index is 11.5. The summed E-state index contributed by atoms with van der Waals surface area (Å²) in [5.74, 6) is 0.0693. The van der Waals surface area contributed by atoms with Gasteiger partial charge >= 0.3 is 0 Å². The second-order valence-corrected chi connectivity index (χ2v) is 4.05. The molecule has 0 spiro atoms. The fourth-order valence-electron chi connectivity index (χ4n) is 1.83. The van der Waals surface area contributed by atoms with E-state index < -0.39 is 0 Å². The van der Waals surface area contributed by atoms with E-state index in [-0.39, 0.29) is 5.75 Å². The molecule has 0 aliphatic rings. The highest BCUT2D eigenvalue weighted by Gasteiger charge is 2.08. The molecule has 0 bridgehead atoms. The summed E-state index contributed by atoms with van der Waals surface area (Å²) in [5.41, 5.74) is 4.51. The summed E-state index contributed by atoms with van der Waals surface area (Å²) in [7, 11) is 0. The molecular weight excluding hydrogens is 210 g/mol. The zero-order chi connectivity index (χ0) is 12.4. The summed E-state index contributed by atoms with van der Waals surface area (Å²) in [5, 5.41) is 20.2. The lowest BCUT2D eigenvalue weighted by molar-refractivity contribution is 0.351. The summed E-state index contributed by atoms with van der Waals surface area (Å²) < 4.78 is 0. The molecule has 2 aromatic carbocycles. The van der Waals surface area contributed by atoms with Crippen molar-refractivity contribution in [3.05, 3.63) is 53.1 Å². The Hall–Kier alpha value is -2.27. The average molecular weight is 222 g/mol. The molecule has 17 heavy (non-hydrogen) atoms. The number of hydrogen-bond acceptors (Lipinski definition) is 1. The van der Waals surface area contributed by atoms with Crippen LogP contribution in [0.5, 0.6) is 5.75 Å². The van der Waals surface area contributed by atoms with Crippen molar-refractivity contribution in [2.24, 2.45) is 0 Å². The first-order valence-electron chi connectivity index (χ1n) is 5.41. The highest BCUT2D eigenvalue weighted by atomic mass is 16.3. The first-order valence-corrected chi connectivity index (χ1v) is 5.41. The molecule has 0 aliphatic carbocycles. The molecule has 0 unspecified atom stereocenters. The standard InChI is InChI=1S/C15H12NO/c1-10-11(2)15(17)8-7-14(10)13-5-3-12(9-16)4-6-13/h3-8H,1-2H3. The van der Waals surface area contributed by atoms with Gasteiger partial charge in [0.15, 0.2) is 5.75 Å². The van der Waals surface area contributed by atoms with Gasteiger partial charge in [-0.2, -0.15) is 5.26 Å². The van der Waals surface area contributed by atoms with Crippen LogP contribution in [0.1, 0.15) is 16.7 Å². The van der Waals surface area contributed by atoms with Gasteiger partial charge in [0, 0.05) is 0 Å². The lowest BCUT2D eigenvalue weighted by Gasteiger charge is -2.09. The van der Waals surface area contributed by atoms with Gasteiger partial charge in [0.2, 0.25) is 0 Å². The Labute approximate surface area is 101 Å². The fourth-order valence-corrected chi connectivity index (χ4v) is 1.83. The summed E-state index contributed by atoms with van der Waals surface area (Å²) in [4.78, 5) is 0. The van der Waals surface area contributed by atoms with Crippen LogP contribution in [0, 0.1) is 25.2 Å². The van der Waals surface area contributed by atoms with E-state index in [9.17, 15) is 5.11 Å². The van der Waals surface area contributed by atoms with Crippen molar-refractivity contribution in [3.8, 4) is 22.9 Å². The highest BCUT2D eigenvalue weighted by molar-refractivity contribution is 5.70. The Morgan fingerprint density at radius 1 is 0.941 bits per heavy atom. The quantitative estimate of drug-likeness (QED) is 0.719. The smallest absolute Gasteiger partial charge is 0.181 e. The van der Waals surface area contributed by atoms with Gasteiger partial charge < -0.3 is 0 Å². The molecule has 83 valence electrons. The second kappa shape index (κ2) is 4.31. The molecule has 0 atom stereocenters. The van der Waals surface area contributed by atoms with Crippen molar-refractivity contribution >= 4 is 0 Å². The maximum atomic E-state index is 11.5. The van der Waals surface area contributed by atoms with E-state index in [1.165, 1.54) is 0 Å². The van der Waals surface area contributed by atoms with Crippen molar-refractivity contribution in [1.82, 2.24) is 0 Å². The van der Waals surface area contributed by atoms with Crippen LogP contribution in [0.15, 0.2) is 36.4 Å². The average Bonchev–Trinajstić information content (AvgIpc) is 2.36. The van der Waals surface area contributed by atoms with Gasteiger partial charge in [-0.05, 0) is 54.3 Å². The van der Waals surface area contributed by atoms with E-state index in [1.807, 2.05) is 32.0 Å². The van der Waals surface area contributed by atoms with E-state index >= 15 is 0 Å². The Balaban J connectivity index is 2.54. The lowest BCUT2D eigenvalue weighted by Crippen LogP contribution is -1.87. The Kier molecular flexibility index (Phi) is 2.84. The summed E-state index contributed by atoms with van der Waals surface area (Å²) in [6.07, 6.45) is 0. The second-order valence-electron chi connectivity index (χ2n) is 4.05. The number of rotatable bonds is 1. The van der Waals surface area contributed by atoms with Crippen LogP contribution in [-0.2, 0) is 5.11 Å². The van der Waals surface area contributed by atoms with Gasteiger partial charge in [0.05, 0.1) is 11.6 Å². The largest absolute Gasteiger partial charge is 0.290 e. The third-order valence-corrected chi connectivity index (χ3v) is 3.06. The van der Waals surface area contributed by atoms with Crippen LogP contribution in [0.25, 0.3) is 11.1 Å². The molecule has 2 heteroatoms. The highest BCUT2D eigenvalue weighted by Crippen LogP contribution is 2.30. The third-order valence-electron chi connectivity index (χ3n) is 3.06. The van der Waals surface area contributed by atoms with E-state index in [0.29, 0.717) is 5.56 Å². The first-order chi connectivity index (χ1) is 8.13. The lowest BCUT2D eigenvalue weighted by atomic mass is 9.96. The van der Waals surface area contributed by atoms with Crippen LogP contribution in [0.3, 0.4) is 0 Å². The SMILES string of the molecule is Cc1c([O])ccc(-c2ccc(C#N)cc2)c1C. The van der Waals surface area contributed by atoms with E-state index in [4.69, 9.17) is 5.26 Å². The van der Waals surface area contributed by atoms with Gasteiger partial charge in [-0.25, -0.2) is 0 Å². The van der Waals surface area contributed by atoms with Gasteiger partial charge in [-0.15, -0.1) is 0 Å². The molecule has 2 rings (SSSR count). The topological polar surface area (TPSA) is 43.7 Å². The molecule has 0 heterocycles. The van der Waals surface area contributed by atoms with Crippen LogP contribution in [0.2, 0.25) is 0 Å². The molecule has 2 aromatic rings. The molecule has 0 N–H and O–H groups in total. The van der Waals surface area contributed by atoms with Crippen molar-refractivity contribution in [1.29, 1.82) is 5.26 Å². The molecule has 1 radical (unpaired) electrons. The van der Waals surface area contributed by atoms with Crippen molar-refractivity contribution in [2.75, 3.05) is 0 Å². The van der Waals surface area contributed by atoms with Crippen molar-refractivity contribution in [2.45, 2.75) is 13.8 Å². The number of hydrogen-bond donors (Lipinski definition) is 0. The van der Waals surface area contributed by atoms with E-state index in [0.717, 1.165) is 22.3 Å². The minimum atomic E-state index is 0.0693. The molecule has 2 nitrogen and oxygen atoms in total. The van der Waals surface area contributed by atoms with E-state index in [1.54, 1.807) is 18.2 Å². The van der Waals surface area contributed by atoms with Gasteiger partial charge in [-0.3, -0.25) is 5.11 Å². The fraction of sp³-hybridized carbons (Fsp3) is 0.133. The first kappa shape index (κ1) is 11.2. The van der Waals surface area contributed by atoms with Crippen LogP contribution < -0.4 is 0 Å². The summed E-state index contributed by atoms with van der Waals surface area (Å²) in [6, 6.07) is 12.9. The predicted octanol–water partition coefficient (Wildman–Crippen LogP) is 3.99. The van der Waals surface area contributed by atoms with E-state index in [2.05, 4.69) is 6.07 Å². The number of nitriles is 1. The Morgan fingerprint density at radius 3 is 2.18 bits per heavy atom. The van der Waals surface area contributed by atoms with Crippen LogP contribution >= 0.6 is 0 Å². The van der Waals surface area contributed by atoms with Crippen molar-refractivity contribution < 1.29 is 5.11 Å². The van der Waals surface area contributed by atoms with Gasteiger partial charge in [0.25, 0.3) is 0 Å². The van der Waals surface area contributed by atoms with Gasteiger partial charge in [0.1, 0.15) is 0 Å². The molecule has 0 amide bonds. The summed E-state index contributed by atoms with van der Waals surface area (Å²) >= 11 is 0. The Morgan fingerprint density at radius 2 is 1.59 bits per heavy atom. The molecule has 0 saturated heterocycles. The van der Waals surface area contributed by atoms with Crippen molar-refractivity contribution in [3.63, 3.8) is 0 Å². The van der Waals surface area contributed by atoms with Crippen LogP contribution in [0.4, 0.5) is 0 Å². The minimum Gasteiger partial charge on any atom is -0.290 e. The zero-order valence-corrected chi connectivity index (χ0v) is 9.82. The van der Waals surface area contributed by atoms with Crippen LogP contribution in [-0.4, -0.2) is 0 Å². The minimum absolute atomic E-state index is 0.0693. The molecule has 0 aliphatic heterocycles. The van der Waals surface area contributed by atoms with Gasteiger partial charge in [-0.1, -0.05) is 18.2 Å². The molecule has 0 saturated carbocycles. The number of nitrogens with zero attached hydrogens (tertiary/aromatic N) is 1.